The van der Waals surface area contributed by atoms with Crippen LogP contribution in [0, 0.1) is 0 Å². The van der Waals surface area contributed by atoms with Crippen LogP contribution in [-0.2, 0) is 14.8 Å². The number of rotatable bonds is 6. The quantitative estimate of drug-likeness (QED) is 0.863. The molecule has 3 rings (SSSR count). The van der Waals surface area contributed by atoms with Crippen molar-refractivity contribution in [3.8, 4) is 0 Å². The molecule has 0 unspecified atom stereocenters. The molecule has 5 nitrogen and oxygen atoms in total. The number of ether oxygens (including phenoxy) is 1. The number of para-hydroxylation sites is 1. The van der Waals surface area contributed by atoms with Crippen molar-refractivity contribution in [1.29, 1.82) is 0 Å². The van der Waals surface area contributed by atoms with Gasteiger partial charge in [0.15, 0.2) is 0 Å². The molecule has 2 aliphatic rings. The third-order valence-corrected chi connectivity index (χ3v) is 6.21. The lowest BCUT2D eigenvalue weighted by Gasteiger charge is -2.23. The minimum absolute atomic E-state index is 0.0142. The first-order valence-corrected chi connectivity index (χ1v) is 10.1. The van der Waals surface area contributed by atoms with Crippen molar-refractivity contribution < 1.29 is 13.2 Å². The molecule has 6 heteroatoms. The molecule has 2 saturated heterocycles. The van der Waals surface area contributed by atoms with E-state index in [1.54, 1.807) is 0 Å². The Morgan fingerprint density at radius 1 is 1.30 bits per heavy atom. The van der Waals surface area contributed by atoms with Gasteiger partial charge in [0.2, 0.25) is 10.0 Å². The van der Waals surface area contributed by atoms with Crippen LogP contribution >= 0.6 is 0 Å². The number of nitrogens with one attached hydrogen (secondary N) is 1. The minimum atomic E-state index is -3.24. The van der Waals surface area contributed by atoms with Crippen LogP contribution in [0.3, 0.4) is 0 Å². The smallest absolute Gasteiger partial charge is 0.212 e. The molecule has 1 aromatic rings. The van der Waals surface area contributed by atoms with E-state index in [1.165, 1.54) is 0 Å². The maximum Gasteiger partial charge on any atom is 0.212 e. The summed E-state index contributed by atoms with van der Waals surface area (Å²) >= 11 is 0. The first-order valence-electron chi connectivity index (χ1n) is 8.47. The Bertz CT molecular complexity index is 600. The zero-order chi connectivity index (χ0) is 16.3. The fourth-order valence-corrected chi connectivity index (χ4v) is 4.94. The van der Waals surface area contributed by atoms with E-state index in [9.17, 15) is 8.42 Å². The summed E-state index contributed by atoms with van der Waals surface area (Å²) in [5.41, 5.74) is 1.15. The normalized spacial score (nSPS) is 28.4. The first kappa shape index (κ1) is 16.7. The highest BCUT2D eigenvalue weighted by Crippen LogP contribution is 2.25. The molecule has 0 radical (unpaired) electrons. The molecule has 2 heterocycles. The van der Waals surface area contributed by atoms with Crippen molar-refractivity contribution in [2.75, 3.05) is 23.8 Å². The SMILES string of the molecule is C[C@@H]1C[C@@H](NS(=O)(=O)CC[C@@H]2CCCO2)CN1c1ccccc1. The summed E-state index contributed by atoms with van der Waals surface area (Å²) in [7, 11) is -3.24. The number of nitrogens with zero attached hydrogens (tertiary/aromatic N) is 1. The number of sulfonamides is 1. The van der Waals surface area contributed by atoms with Gasteiger partial charge < -0.3 is 9.64 Å². The molecule has 2 fully saturated rings. The summed E-state index contributed by atoms with van der Waals surface area (Å²) in [6.45, 7) is 3.64. The maximum atomic E-state index is 12.3. The van der Waals surface area contributed by atoms with Gasteiger partial charge in [-0.05, 0) is 44.7 Å². The molecule has 0 spiro atoms. The second kappa shape index (κ2) is 7.20. The van der Waals surface area contributed by atoms with E-state index in [2.05, 4.69) is 28.7 Å². The van der Waals surface area contributed by atoms with Gasteiger partial charge in [-0.15, -0.1) is 0 Å². The largest absolute Gasteiger partial charge is 0.378 e. The molecule has 0 amide bonds. The second-order valence-electron chi connectivity index (χ2n) is 6.63. The van der Waals surface area contributed by atoms with Crippen LogP contribution in [0.15, 0.2) is 30.3 Å². The Labute approximate surface area is 139 Å². The summed E-state index contributed by atoms with van der Waals surface area (Å²) in [6.07, 6.45) is 3.59. The molecule has 2 aliphatic heterocycles. The van der Waals surface area contributed by atoms with E-state index in [1.807, 2.05) is 18.2 Å². The predicted molar refractivity (Wildman–Crippen MR) is 92.2 cm³/mol. The third-order valence-electron chi connectivity index (χ3n) is 4.74. The average molecular weight is 338 g/mol. The molecular weight excluding hydrogens is 312 g/mol. The first-order chi connectivity index (χ1) is 11.0. The highest BCUT2D eigenvalue weighted by molar-refractivity contribution is 7.89. The van der Waals surface area contributed by atoms with Gasteiger partial charge in [0, 0.05) is 30.9 Å². The summed E-state index contributed by atoms with van der Waals surface area (Å²) in [4.78, 5) is 2.27. The fourth-order valence-electron chi connectivity index (χ4n) is 3.57. The molecule has 0 saturated carbocycles. The van der Waals surface area contributed by atoms with Gasteiger partial charge >= 0.3 is 0 Å². The van der Waals surface area contributed by atoms with E-state index in [0.29, 0.717) is 12.5 Å². The predicted octanol–water partition coefficient (Wildman–Crippen LogP) is 2.14. The van der Waals surface area contributed by atoms with E-state index in [4.69, 9.17) is 4.74 Å². The lowest BCUT2D eigenvalue weighted by Crippen LogP contribution is -2.39. The van der Waals surface area contributed by atoms with Gasteiger partial charge in [0.1, 0.15) is 0 Å². The van der Waals surface area contributed by atoms with Crippen molar-refractivity contribution in [3.63, 3.8) is 0 Å². The molecule has 0 aliphatic carbocycles. The topological polar surface area (TPSA) is 58.6 Å². The molecule has 1 aromatic carbocycles. The van der Waals surface area contributed by atoms with Gasteiger partial charge in [-0.25, -0.2) is 13.1 Å². The van der Waals surface area contributed by atoms with Gasteiger partial charge in [-0.1, -0.05) is 18.2 Å². The Balaban J connectivity index is 1.53. The maximum absolute atomic E-state index is 12.3. The molecular formula is C17H26N2O3S. The summed E-state index contributed by atoms with van der Waals surface area (Å²) in [5.74, 6) is 0.161. The van der Waals surface area contributed by atoms with Gasteiger partial charge in [0.05, 0.1) is 11.9 Å². The number of anilines is 1. The van der Waals surface area contributed by atoms with Crippen LogP contribution in [-0.4, -0.2) is 45.5 Å². The molecule has 23 heavy (non-hydrogen) atoms. The Morgan fingerprint density at radius 2 is 2.09 bits per heavy atom. The van der Waals surface area contributed by atoms with Crippen LogP contribution in [0.1, 0.15) is 32.6 Å². The highest BCUT2D eigenvalue weighted by atomic mass is 32.2. The van der Waals surface area contributed by atoms with E-state index in [-0.39, 0.29) is 17.9 Å². The standard InChI is InChI=1S/C17H26N2O3S/c1-14-12-15(13-19(14)16-6-3-2-4-7-16)18-23(20,21)11-9-17-8-5-10-22-17/h2-4,6-7,14-15,17-18H,5,8-13H2,1H3/t14-,15-,17+/m1/s1. The minimum Gasteiger partial charge on any atom is -0.378 e. The zero-order valence-electron chi connectivity index (χ0n) is 13.6. The Hall–Kier alpha value is -1.11. The van der Waals surface area contributed by atoms with Crippen molar-refractivity contribution in [1.82, 2.24) is 4.72 Å². The van der Waals surface area contributed by atoms with Crippen molar-refractivity contribution >= 4 is 15.7 Å². The van der Waals surface area contributed by atoms with Gasteiger partial charge in [-0.3, -0.25) is 0 Å². The second-order valence-corrected chi connectivity index (χ2v) is 8.50. The van der Waals surface area contributed by atoms with Gasteiger partial charge in [0.25, 0.3) is 0 Å². The van der Waals surface area contributed by atoms with E-state index in [0.717, 1.165) is 38.1 Å². The van der Waals surface area contributed by atoms with Gasteiger partial charge in [-0.2, -0.15) is 0 Å². The molecule has 3 atom stereocenters. The van der Waals surface area contributed by atoms with Crippen molar-refractivity contribution in [3.05, 3.63) is 30.3 Å². The van der Waals surface area contributed by atoms with Crippen molar-refractivity contribution in [2.24, 2.45) is 0 Å². The number of benzene rings is 1. The van der Waals surface area contributed by atoms with Crippen LogP contribution < -0.4 is 9.62 Å². The lowest BCUT2D eigenvalue weighted by atomic mass is 10.2. The van der Waals surface area contributed by atoms with Crippen LogP contribution in [0.4, 0.5) is 5.69 Å². The summed E-state index contributed by atoms with van der Waals surface area (Å²) in [5, 5.41) is 0. The Morgan fingerprint density at radius 3 is 2.78 bits per heavy atom. The molecule has 0 aromatic heterocycles. The zero-order valence-corrected chi connectivity index (χ0v) is 14.5. The van der Waals surface area contributed by atoms with Crippen LogP contribution in [0.2, 0.25) is 0 Å². The number of hydrogen-bond donors (Lipinski definition) is 1. The molecule has 1 N–H and O–H groups in total. The van der Waals surface area contributed by atoms with Crippen LogP contribution in [0.25, 0.3) is 0 Å². The van der Waals surface area contributed by atoms with E-state index < -0.39 is 10.0 Å². The molecule has 128 valence electrons. The van der Waals surface area contributed by atoms with E-state index >= 15 is 0 Å². The molecule has 0 bridgehead atoms. The lowest BCUT2D eigenvalue weighted by molar-refractivity contribution is 0.108. The van der Waals surface area contributed by atoms with Crippen LogP contribution in [0.5, 0.6) is 0 Å². The summed E-state index contributed by atoms with van der Waals surface area (Å²) < 4.78 is 33.0. The average Bonchev–Trinajstić information content (AvgIpc) is 3.15. The Kier molecular flexibility index (Phi) is 5.24. The number of hydrogen-bond acceptors (Lipinski definition) is 4. The highest BCUT2D eigenvalue weighted by Gasteiger charge is 2.32. The summed E-state index contributed by atoms with van der Waals surface area (Å²) in [6, 6.07) is 10.5. The monoisotopic (exact) mass is 338 g/mol. The van der Waals surface area contributed by atoms with Crippen molar-refractivity contribution in [2.45, 2.75) is 50.8 Å². The third kappa shape index (κ3) is 4.46. The fraction of sp³-hybridized carbons (Fsp3) is 0.647.